The van der Waals surface area contributed by atoms with Crippen molar-refractivity contribution in [3.05, 3.63) is 12.2 Å². The van der Waals surface area contributed by atoms with Crippen molar-refractivity contribution in [1.82, 2.24) is 0 Å². The highest BCUT2D eigenvalue weighted by atomic mass is 79.9. The monoisotopic (exact) mass is 262 g/mol. The van der Waals surface area contributed by atoms with Crippen LogP contribution in [0.15, 0.2) is 12.2 Å². The van der Waals surface area contributed by atoms with E-state index in [1.807, 2.05) is 0 Å². The SMILES string of the molecule is CC[C@H]1C=CC(Br)CC(CC(O)O)C1. The Morgan fingerprint density at radius 2 is 2.07 bits per heavy atom. The quantitative estimate of drug-likeness (QED) is 0.466. The molecule has 0 bridgehead atoms. The van der Waals surface area contributed by atoms with Crippen LogP contribution in [0.5, 0.6) is 0 Å². The summed E-state index contributed by atoms with van der Waals surface area (Å²) in [6, 6.07) is 0. The molecule has 2 N–H and O–H groups in total. The van der Waals surface area contributed by atoms with Crippen molar-refractivity contribution < 1.29 is 10.2 Å². The van der Waals surface area contributed by atoms with Gasteiger partial charge in [-0.1, -0.05) is 35.0 Å². The van der Waals surface area contributed by atoms with Gasteiger partial charge in [-0.05, 0) is 31.1 Å². The Balaban J connectivity index is 2.52. The molecule has 14 heavy (non-hydrogen) atoms. The van der Waals surface area contributed by atoms with E-state index < -0.39 is 6.29 Å². The van der Waals surface area contributed by atoms with Crippen LogP contribution in [0.2, 0.25) is 0 Å². The zero-order chi connectivity index (χ0) is 10.6. The minimum Gasteiger partial charge on any atom is -0.368 e. The summed E-state index contributed by atoms with van der Waals surface area (Å²) < 4.78 is 0. The fourth-order valence-corrected chi connectivity index (χ4v) is 2.78. The van der Waals surface area contributed by atoms with Crippen LogP contribution < -0.4 is 0 Å². The molecule has 0 saturated heterocycles. The van der Waals surface area contributed by atoms with E-state index in [0.717, 1.165) is 19.3 Å². The van der Waals surface area contributed by atoms with Gasteiger partial charge in [0.25, 0.3) is 0 Å². The first-order valence-corrected chi connectivity index (χ1v) is 6.22. The van der Waals surface area contributed by atoms with Crippen molar-refractivity contribution in [2.45, 2.75) is 43.7 Å². The lowest BCUT2D eigenvalue weighted by Crippen LogP contribution is -2.16. The molecule has 0 saturated carbocycles. The zero-order valence-electron chi connectivity index (χ0n) is 8.56. The Hall–Kier alpha value is 0.140. The van der Waals surface area contributed by atoms with Gasteiger partial charge in [-0.2, -0.15) is 0 Å². The van der Waals surface area contributed by atoms with E-state index in [4.69, 9.17) is 10.2 Å². The van der Waals surface area contributed by atoms with Crippen molar-refractivity contribution in [2.24, 2.45) is 11.8 Å². The number of aliphatic hydroxyl groups is 2. The molecular weight excluding hydrogens is 244 g/mol. The maximum absolute atomic E-state index is 8.96. The van der Waals surface area contributed by atoms with E-state index in [2.05, 4.69) is 35.0 Å². The Morgan fingerprint density at radius 3 is 2.64 bits per heavy atom. The van der Waals surface area contributed by atoms with E-state index in [0.29, 0.717) is 23.1 Å². The Kier molecular flexibility index (Phi) is 5.13. The first-order chi connectivity index (χ1) is 6.61. The lowest BCUT2D eigenvalue weighted by molar-refractivity contribution is -0.0577. The van der Waals surface area contributed by atoms with Crippen molar-refractivity contribution >= 4 is 15.9 Å². The van der Waals surface area contributed by atoms with E-state index >= 15 is 0 Å². The van der Waals surface area contributed by atoms with Gasteiger partial charge in [-0.25, -0.2) is 0 Å². The maximum Gasteiger partial charge on any atom is 0.151 e. The summed E-state index contributed by atoms with van der Waals surface area (Å²) in [6.07, 6.45) is 7.00. The summed E-state index contributed by atoms with van der Waals surface area (Å²) in [5.41, 5.74) is 0. The van der Waals surface area contributed by atoms with Gasteiger partial charge in [0.05, 0.1) is 0 Å². The van der Waals surface area contributed by atoms with Gasteiger partial charge < -0.3 is 10.2 Å². The highest BCUT2D eigenvalue weighted by Gasteiger charge is 2.21. The van der Waals surface area contributed by atoms with Crippen molar-refractivity contribution in [3.8, 4) is 0 Å². The van der Waals surface area contributed by atoms with E-state index in [1.54, 1.807) is 0 Å². The third kappa shape index (κ3) is 4.11. The molecule has 0 aromatic rings. The lowest BCUT2D eigenvalue weighted by Gasteiger charge is -2.19. The molecule has 2 nitrogen and oxygen atoms in total. The van der Waals surface area contributed by atoms with Gasteiger partial charge in [0.15, 0.2) is 6.29 Å². The van der Waals surface area contributed by atoms with Gasteiger partial charge in [-0.15, -0.1) is 0 Å². The number of aliphatic hydroxyl groups excluding tert-OH is 1. The fourth-order valence-electron chi connectivity index (χ4n) is 2.07. The molecule has 1 aliphatic rings. The van der Waals surface area contributed by atoms with Crippen LogP contribution in [0.25, 0.3) is 0 Å². The fraction of sp³-hybridized carbons (Fsp3) is 0.818. The van der Waals surface area contributed by atoms with Crippen molar-refractivity contribution in [2.75, 3.05) is 0 Å². The molecule has 82 valence electrons. The maximum atomic E-state index is 8.96. The second-order valence-electron chi connectivity index (χ2n) is 4.12. The third-order valence-corrected chi connectivity index (χ3v) is 3.53. The molecule has 0 aromatic carbocycles. The van der Waals surface area contributed by atoms with Crippen LogP contribution in [-0.2, 0) is 0 Å². The molecule has 0 fully saturated rings. The van der Waals surface area contributed by atoms with Gasteiger partial charge in [0, 0.05) is 11.2 Å². The summed E-state index contributed by atoms with van der Waals surface area (Å²) in [4.78, 5) is 0.391. The second kappa shape index (κ2) is 5.89. The molecule has 0 aromatic heterocycles. The first-order valence-electron chi connectivity index (χ1n) is 5.30. The summed E-state index contributed by atoms with van der Waals surface area (Å²) in [6.45, 7) is 2.18. The number of hydrogen-bond donors (Lipinski definition) is 2. The standard InChI is InChI=1S/C11H19BrO2/c1-2-8-3-4-10(12)6-9(5-8)7-11(13)14/h3-4,8-11,13-14H,2,5-7H2,1H3/t8-,9?,10?/m0/s1. The molecule has 2 unspecified atom stereocenters. The van der Waals surface area contributed by atoms with E-state index in [-0.39, 0.29) is 0 Å². The number of hydrogen-bond acceptors (Lipinski definition) is 2. The number of allylic oxidation sites excluding steroid dienone is 2. The molecule has 3 atom stereocenters. The molecule has 0 aliphatic heterocycles. The van der Waals surface area contributed by atoms with Crippen LogP contribution in [-0.4, -0.2) is 21.3 Å². The predicted octanol–water partition coefficient (Wildman–Crippen LogP) is 2.44. The predicted molar refractivity (Wildman–Crippen MR) is 61.2 cm³/mol. The van der Waals surface area contributed by atoms with Crippen molar-refractivity contribution in [3.63, 3.8) is 0 Å². The van der Waals surface area contributed by atoms with Gasteiger partial charge in [0.2, 0.25) is 0 Å². The topological polar surface area (TPSA) is 40.5 Å². The van der Waals surface area contributed by atoms with Gasteiger partial charge >= 0.3 is 0 Å². The largest absolute Gasteiger partial charge is 0.368 e. The average molecular weight is 263 g/mol. The Morgan fingerprint density at radius 1 is 1.36 bits per heavy atom. The molecule has 0 spiro atoms. The minimum absolute atomic E-state index is 0.391. The minimum atomic E-state index is -1.16. The van der Waals surface area contributed by atoms with Crippen LogP contribution in [0, 0.1) is 11.8 Å². The molecular formula is C11H19BrO2. The first kappa shape index (κ1) is 12.2. The molecule has 1 rings (SSSR count). The molecule has 1 aliphatic carbocycles. The van der Waals surface area contributed by atoms with Crippen LogP contribution in [0.4, 0.5) is 0 Å². The third-order valence-electron chi connectivity index (χ3n) is 2.86. The number of alkyl halides is 1. The van der Waals surface area contributed by atoms with Gasteiger partial charge in [0.1, 0.15) is 0 Å². The Labute approximate surface area is 94.1 Å². The van der Waals surface area contributed by atoms with Crippen LogP contribution in [0.3, 0.4) is 0 Å². The molecule has 0 amide bonds. The van der Waals surface area contributed by atoms with Crippen LogP contribution >= 0.6 is 15.9 Å². The molecule has 3 heteroatoms. The molecule has 0 heterocycles. The Bertz CT molecular complexity index is 192. The van der Waals surface area contributed by atoms with E-state index in [1.165, 1.54) is 0 Å². The normalized spacial score (nSPS) is 33.4. The highest BCUT2D eigenvalue weighted by Crippen LogP contribution is 2.30. The lowest BCUT2D eigenvalue weighted by atomic mass is 9.89. The average Bonchev–Trinajstić information content (AvgIpc) is 2.26. The smallest absolute Gasteiger partial charge is 0.151 e. The van der Waals surface area contributed by atoms with E-state index in [9.17, 15) is 0 Å². The number of rotatable bonds is 3. The summed E-state index contributed by atoms with van der Waals surface area (Å²) in [7, 11) is 0. The second-order valence-corrected chi connectivity index (χ2v) is 5.30. The molecule has 0 radical (unpaired) electrons. The van der Waals surface area contributed by atoms with Gasteiger partial charge in [-0.3, -0.25) is 0 Å². The summed E-state index contributed by atoms with van der Waals surface area (Å²) in [5, 5.41) is 17.9. The summed E-state index contributed by atoms with van der Waals surface area (Å²) >= 11 is 3.58. The van der Waals surface area contributed by atoms with Crippen LogP contribution in [0.1, 0.15) is 32.6 Å². The van der Waals surface area contributed by atoms with Crippen molar-refractivity contribution in [1.29, 1.82) is 0 Å². The highest BCUT2D eigenvalue weighted by molar-refractivity contribution is 9.09. The summed E-state index contributed by atoms with van der Waals surface area (Å²) in [5.74, 6) is 1.01. The number of halogens is 1. The zero-order valence-corrected chi connectivity index (χ0v) is 10.2.